The van der Waals surface area contributed by atoms with Crippen molar-refractivity contribution in [3.63, 3.8) is 0 Å². The summed E-state index contributed by atoms with van der Waals surface area (Å²) < 4.78 is 5.54. The molecule has 0 atom stereocenters. The third kappa shape index (κ3) is 4.35. The van der Waals surface area contributed by atoms with E-state index in [1.165, 1.54) is 11.3 Å². The standard InChI is InChI=1S/C15H18N2O2S/c1-11-12(2)20-15(16-11)17-14(18)9-6-10-19-13-7-4-3-5-8-13/h3-5,7-8H,6,9-10H2,1-2H3,(H,16,17,18). The first-order valence-corrected chi connectivity index (χ1v) is 7.38. The van der Waals surface area contributed by atoms with Crippen LogP contribution >= 0.6 is 11.3 Å². The number of amides is 1. The van der Waals surface area contributed by atoms with Crippen LogP contribution < -0.4 is 10.1 Å². The Morgan fingerprint density at radius 3 is 2.70 bits per heavy atom. The number of nitrogens with zero attached hydrogens (tertiary/aromatic N) is 1. The van der Waals surface area contributed by atoms with E-state index in [2.05, 4.69) is 10.3 Å². The van der Waals surface area contributed by atoms with Crippen LogP contribution in [-0.4, -0.2) is 17.5 Å². The van der Waals surface area contributed by atoms with Crippen LogP contribution in [0.2, 0.25) is 0 Å². The van der Waals surface area contributed by atoms with E-state index >= 15 is 0 Å². The van der Waals surface area contributed by atoms with Crippen LogP contribution in [0.15, 0.2) is 30.3 Å². The number of para-hydroxylation sites is 1. The highest BCUT2D eigenvalue weighted by molar-refractivity contribution is 7.15. The summed E-state index contributed by atoms with van der Waals surface area (Å²) in [6, 6.07) is 9.60. The molecule has 1 N–H and O–H groups in total. The molecule has 2 rings (SSSR count). The minimum Gasteiger partial charge on any atom is -0.494 e. The number of hydrogen-bond acceptors (Lipinski definition) is 4. The predicted molar refractivity (Wildman–Crippen MR) is 81.4 cm³/mol. The van der Waals surface area contributed by atoms with Gasteiger partial charge < -0.3 is 10.1 Å². The predicted octanol–water partition coefficient (Wildman–Crippen LogP) is 3.56. The first kappa shape index (κ1) is 14.5. The van der Waals surface area contributed by atoms with Gasteiger partial charge in [0.25, 0.3) is 0 Å². The highest BCUT2D eigenvalue weighted by Crippen LogP contribution is 2.21. The summed E-state index contributed by atoms with van der Waals surface area (Å²) in [5.41, 5.74) is 0.970. The lowest BCUT2D eigenvalue weighted by Gasteiger charge is -2.05. The van der Waals surface area contributed by atoms with Gasteiger partial charge in [-0.1, -0.05) is 18.2 Å². The molecule has 0 bridgehead atoms. The molecule has 1 aromatic carbocycles. The number of carbonyl (C=O) groups excluding carboxylic acids is 1. The molecule has 0 aliphatic heterocycles. The molecule has 0 aliphatic rings. The number of thiazole rings is 1. The third-order valence-electron chi connectivity index (χ3n) is 2.83. The van der Waals surface area contributed by atoms with Gasteiger partial charge in [0.15, 0.2) is 5.13 Å². The first-order chi connectivity index (χ1) is 9.65. The van der Waals surface area contributed by atoms with Gasteiger partial charge in [-0.15, -0.1) is 11.3 Å². The summed E-state index contributed by atoms with van der Waals surface area (Å²) in [6.45, 7) is 4.47. The second kappa shape index (κ2) is 7.05. The highest BCUT2D eigenvalue weighted by Gasteiger charge is 2.07. The van der Waals surface area contributed by atoms with Crippen LogP contribution in [0.25, 0.3) is 0 Å². The van der Waals surface area contributed by atoms with Gasteiger partial charge in [-0.2, -0.15) is 0 Å². The lowest BCUT2D eigenvalue weighted by atomic mass is 10.3. The summed E-state index contributed by atoms with van der Waals surface area (Å²) in [7, 11) is 0. The molecule has 0 saturated carbocycles. The molecule has 0 radical (unpaired) electrons. The molecule has 20 heavy (non-hydrogen) atoms. The van der Waals surface area contributed by atoms with E-state index in [4.69, 9.17) is 4.74 Å². The largest absolute Gasteiger partial charge is 0.494 e. The number of nitrogens with one attached hydrogen (secondary N) is 1. The maximum absolute atomic E-state index is 11.7. The molecule has 1 heterocycles. The minimum atomic E-state index is -0.0181. The fraction of sp³-hybridized carbons (Fsp3) is 0.333. The molecule has 4 nitrogen and oxygen atoms in total. The van der Waals surface area contributed by atoms with Gasteiger partial charge in [-0.3, -0.25) is 4.79 Å². The Hall–Kier alpha value is -1.88. The number of hydrogen-bond donors (Lipinski definition) is 1. The number of rotatable bonds is 6. The summed E-state index contributed by atoms with van der Waals surface area (Å²) in [4.78, 5) is 17.2. The third-order valence-corrected chi connectivity index (χ3v) is 3.82. The Morgan fingerprint density at radius 1 is 1.30 bits per heavy atom. The maximum atomic E-state index is 11.7. The topological polar surface area (TPSA) is 51.2 Å². The Labute approximate surface area is 122 Å². The van der Waals surface area contributed by atoms with Crippen molar-refractivity contribution in [2.75, 3.05) is 11.9 Å². The zero-order chi connectivity index (χ0) is 14.4. The summed E-state index contributed by atoms with van der Waals surface area (Å²) in [5, 5.41) is 3.49. The summed E-state index contributed by atoms with van der Waals surface area (Å²) in [6.07, 6.45) is 1.12. The van der Waals surface area contributed by atoms with Crippen LogP contribution in [0, 0.1) is 13.8 Å². The monoisotopic (exact) mass is 290 g/mol. The number of anilines is 1. The molecule has 0 saturated heterocycles. The number of carbonyl (C=O) groups is 1. The van der Waals surface area contributed by atoms with Crippen LogP contribution in [-0.2, 0) is 4.79 Å². The molecule has 2 aromatic rings. The fourth-order valence-electron chi connectivity index (χ4n) is 1.65. The molecule has 1 aromatic heterocycles. The molecule has 1 amide bonds. The van der Waals surface area contributed by atoms with Crippen molar-refractivity contribution in [3.05, 3.63) is 40.9 Å². The molecule has 0 unspecified atom stereocenters. The Bertz CT molecular complexity index is 547. The van der Waals surface area contributed by atoms with E-state index in [1.54, 1.807) is 0 Å². The quantitative estimate of drug-likeness (QED) is 0.828. The van der Waals surface area contributed by atoms with Crippen molar-refractivity contribution in [1.82, 2.24) is 4.98 Å². The van der Waals surface area contributed by atoms with Gasteiger partial charge in [0.2, 0.25) is 5.91 Å². The van der Waals surface area contributed by atoms with Crippen LogP contribution in [0.3, 0.4) is 0 Å². The average Bonchev–Trinajstić information content (AvgIpc) is 2.74. The van der Waals surface area contributed by atoms with E-state index in [-0.39, 0.29) is 5.91 Å². The maximum Gasteiger partial charge on any atom is 0.226 e. The molecule has 0 aliphatic carbocycles. The number of aryl methyl sites for hydroxylation is 2. The Morgan fingerprint density at radius 2 is 2.05 bits per heavy atom. The summed E-state index contributed by atoms with van der Waals surface area (Å²) >= 11 is 1.50. The summed E-state index contributed by atoms with van der Waals surface area (Å²) in [5.74, 6) is 0.814. The second-order valence-corrected chi connectivity index (χ2v) is 5.68. The van der Waals surface area contributed by atoms with Crippen molar-refractivity contribution in [1.29, 1.82) is 0 Å². The lowest BCUT2D eigenvalue weighted by Crippen LogP contribution is -2.12. The van der Waals surface area contributed by atoms with Crippen LogP contribution in [0.4, 0.5) is 5.13 Å². The van der Waals surface area contributed by atoms with Crippen molar-refractivity contribution < 1.29 is 9.53 Å². The van der Waals surface area contributed by atoms with E-state index in [9.17, 15) is 4.79 Å². The molecule has 0 spiro atoms. The Balaban J connectivity index is 1.68. The molecule has 5 heteroatoms. The van der Waals surface area contributed by atoms with Crippen molar-refractivity contribution in [2.45, 2.75) is 26.7 Å². The number of aromatic nitrogens is 1. The van der Waals surface area contributed by atoms with Gasteiger partial charge in [0, 0.05) is 11.3 Å². The normalized spacial score (nSPS) is 10.3. The fourth-order valence-corrected chi connectivity index (χ4v) is 2.48. The number of benzene rings is 1. The SMILES string of the molecule is Cc1nc(NC(=O)CCCOc2ccccc2)sc1C. The van der Waals surface area contributed by atoms with Gasteiger partial charge in [-0.05, 0) is 32.4 Å². The average molecular weight is 290 g/mol. The van der Waals surface area contributed by atoms with Gasteiger partial charge in [0.05, 0.1) is 12.3 Å². The second-order valence-electron chi connectivity index (χ2n) is 4.47. The van der Waals surface area contributed by atoms with Crippen molar-refractivity contribution >= 4 is 22.4 Å². The molecule has 106 valence electrons. The van der Waals surface area contributed by atoms with Gasteiger partial charge >= 0.3 is 0 Å². The zero-order valence-electron chi connectivity index (χ0n) is 11.7. The minimum absolute atomic E-state index is 0.0181. The Kier molecular flexibility index (Phi) is 5.12. The van der Waals surface area contributed by atoms with Crippen LogP contribution in [0.1, 0.15) is 23.4 Å². The van der Waals surface area contributed by atoms with Crippen LogP contribution in [0.5, 0.6) is 5.75 Å². The number of ether oxygens (including phenoxy) is 1. The van der Waals surface area contributed by atoms with E-state index in [0.717, 1.165) is 16.3 Å². The van der Waals surface area contributed by atoms with Gasteiger partial charge in [0.1, 0.15) is 5.75 Å². The zero-order valence-corrected chi connectivity index (χ0v) is 12.5. The van der Waals surface area contributed by atoms with E-state index in [1.807, 2.05) is 44.2 Å². The first-order valence-electron chi connectivity index (χ1n) is 6.57. The molecular formula is C15H18N2O2S. The van der Waals surface area contributed by atoms with Crippen molar-refractivity contribution in [3.8, 4) is 5.75 Å². The highest BCUT2D eigenvalue weighted by atomic mass is 32.1. The van der Waals surface area contributed by atoms with E-state index in [0.29, 0.717) is 24.6 Å². The van der Waals surface area contributed by atoms with Gasteiger partial charge in [-0.25, -0.2) is 4.98 Å². The van der Waals surface area contributed by atoms with E-state index < -0.39 is 0 Å². The molecule has 0 fully saturated rings. The lowest BCUT2D eigenvalue weighted by molar-refractivity contribution is -0.116. The smallest absolute Gasteiger partial charge is 0.226 e. The molecular weight excluding hydrogens is 272 g/mol. The van der Waals surface area contributed by atoms with Crippen molar-refractivity contribution in [2.24, 2.45) is 0 Å².